The zero-order chi connectivity index (χ0) is 46.1. The number of nitrogens with zero attached hydrogens (tertiary/aromatic N) is 4. The van der Waals surface area contributed by atoms with E-state index in [1.165, 1.54) is 27.2 Å². The van der Waals surface area contributed by atoms with Gasteiger partial charge in [0, 0.05) is 71.2 Å². The lowest BCUT2D eigenvalue weighted by molar-refractivity contribution is 0.669. The smallest absolute Gasteiger partial charge is 0.160 e. The Bertz CT molecular complexity index is 4270. The Balaban J connectivity index is 0.861. The van der Waals surface area contributed by atoms with Crippen molar-refractivity contribution in [2.24, 2.45) is 0 Å². The second-order valence-corrected chi connectivity index (χ2v) is 17.9. The third-order valence-electron chi connectivity index (χ3n) is 13.8. The van der Waals surface area contributed by atoms with E-state index in [0.717, 1.165) is 106 Å². The zero-order valence-electron chi connectivity index (χ0n) is 37.8. The summed E-state index contributed by atoms with van der Waals surface area (Å²) in [5.74, 6) is 0.680. The van der Waals surface area contributed by atoms with Crippen LogP contribution in [0.15, 0.2) is 247 Å². The summed E-state index contributed by atoms with van der Waals surface area (Å²) in [5.41, 5.74) is 17.3. The second kappa shape index (κ2) is 16.1. The molecule has 0 unspecified atom stereocenters. The molecule has 0 saturated carbocycles. The molecule has 4 aromatic heterocycles. The number of pyridine rings is 1. The van der Waals surface area contributed by atoms with E-state index in [9.17, 15) is 0 Å². The van der Waals surface area contributed by atoms with Gasteiger partial charge in [-0.2, -0.15) is 0 Å². The van der Waals surface area contributed by atoms with E-state index in [2.05, 4.69) is 223 Å². The SMILES string of the molecule is c1ccc(-c2nc(-c3ccc(-n4c5ccccc5c5ccccc54)cc3)cc(-c3cccc(-c4ccc(-c5nc6ccccc6c6c(-c7ccccc7)c7c(cc56)oc5ccccc57)cc4)c3)n2)cc1. The minimum Gasteiger partial charge on any atom is -0.456 e. The molecule has 0 aliphatic carbocycles. The van der Waals surface area contributed by atoms with Gasteiger partial charge in [0.05, 0.1) is 33.6 Å². The van der Waals surface area contributed by atoms with Gasteiger partial charge in [0.25, 0.3) is 0 Å². The fourth-order valence-electron chi connectivity index (χ4n) is 10.6. The molecule has 14 aromatic rings. The molecule has 0 amide bonds. The minimum atomic E-state index is 0.680. The molecule has 0 saturated heterocycles. The highest BCUT2D eigenvalue weighted by atomic mass is 16.3. The first-order valence-electron chi connectivity index (χ1n) is 23.7. The number of rotatable bonds is 7. The van der Waals surface area contributed by atoms with E-state index in [-0.39, 0.29) is 0 Å². The molecule has 0 aliphatic rings. The van der Waals surface area contributed by atoms with Crippen molar-refractivity contribution in [3.8, 4) is 73.1 Å². The van der Waals surface area contributed by atoms with Crippen molar-refractivity contribution in [2.75, 3.05) is 0 Å². The summed E-state index contributed by atoms with van der Waals surface area (Å²) in [6.07, 6.45) is 0. The second-order valence-electron chi connectivity index (χ2n) is 17.9. The van der Waals surface area contributed by atoms with Crippen molar-refractivity contribution in [2.45, 2.75) is 0 Å². The molecule has 326 valence electrons. The molecule has 0 aliphatic heterocycles. The van der Waals surface area contributed by atoms with Gasteiger partial charge in [-0.3, -0.25) is 0 Å². The summed E-state index contributed by atoms with van der Waals surface area (Å²) in [6, 6.07) is 85.5. The van der Waals surface area contributed by atoms with Crippen molar-refractivity contribution >= 4 is 65.4 Å². The van der Waals surface area contributed by atoms with Gasteiger partial charge in [0.2, 0.25) is 0 Å². The Morgan fingerprint density at radius 3 is 1.60 bits per heavy atom. The lowest BCUT2D eigenvalue weighted by atomic mass is 9.89. The van der Waals surface area contributed by atoms with Gasteiger partial charge in [0.15, 0.2) is 5.82 Å². The fraction of sp³-hybridized carbons (Fsp3) is 0. The van der Waals surface area contributed by atoms with Crippen LogP contribution >= 0.6 is 0 Å². The van der Waals surface area contributed by atoms with Gasteiger partial charge in [0.1, 0.15) is 11.2 Å². The van der Waals surface area contributed by atoms with Crippen LogP contribution in [0.3, 0.4) is 0 Å². The summed E-state index contributed by atoms with van der Waals surface area (Å²) < 4.78 is 8.96. The maximum atomic E-state index is 6.62. The van der Waals surface area contributed by atoms with Crippen molar-refractivity contribution in [1.82, 2.24) is 19.5 Å². The van der Waals surface area contributed by atoms with E-state index in [4.69, 9.17) is 19.4 Å². The molecule has 0 spiro atoms. The first-order chi connectivity index (χ1) is 34.7. The van der Waals surface area contributed by atoms with Gasteiger partial charge < -0.3 is 8.98 Å². The molecule has 4 heterocycles. The normalized spacial score (nSPS) is 11.7. The summed E-state index contributed by atoms with van der Waals surface area (Å²) in [7, 11) is 0. The molecule has 0 N–H and O–H groups in total. The summed E-state index contributed by atoms with van der Waals surface area (Å²) >= 11 is 0. The number of para-hydroxylation sites is 4. The molecule has 70 heavy (non-hydrogen) atoms. The Morgan fingerprint density at radius 2 is 0.871 bits per heavy atom. The Morgan fingerprint density at radius 1 is 0.314 bits per heavy atom. The molecule has 5 nitrogen and oxygen atoms in total. The van der Waals surface area contributed by atoms with Crippen LogP contribution in [-0.2, 0) is 0 Å². The molecular formula is C65H40N4O. The highest BCUT2D eigenvalue weighted by Crippen LogP contribution is 2.46. The van der Waals surface area contributed by atoms with Crippen LogP contribution in [0.2, 0.25) is 0 Å². The lowest BCUT2D eigenvalue weighted by Gasteiger charge is -2.16. The van der Waals surface area contributed by atoms with Crippen LogP contribution in [0.1, 0.15) is 0 Å². The van der Waals surface area contributed by atoms with Gasteiger partial charge >= 0.3 is 0 Å². The molecule has 5 heteroatoms. The number of aromatic nitrogens is 4. The molecule has 0 bridgehead atoms. The number of hydrogen-bond donors (Lipinski definition) is 0. The van der Waals surface area contributed by atoms with Crippen LogP contribution in [-0.4, -0.2) is 19.5 Å². The predicted octanol–water partition coefficient (Wildman–Crippen LogP) is 17.2. The Kier molecular flexibility index (Phi) is 9.14. The van der Waals surface area contributed by atoms with Crippen LogP contribution in [0, 0.1) is 0 Å². The van der Waals surface area contributed by atoms with E-state index < -0.39 is 0 Å². The van der Waals surface area contributed by atoms with Crippen LogP contribution in [0.4, 0.5) is 0 Å². The van der Waals surface area contributed by atoms with Crippen molar-refractivity contribution < 1.29 is 4.42 Å². The predicted molar refractivity (Wildman–Crippen MR) is 289 cm³/mol. The van der Waals surface area contributed by atoms with E-state index in [0.29, 0.717) is 5.82 Å². The molecule has 0 fully saturated rings. The quantitative estimate of drug-likeness (QED) is 0.150. The van der Waals surface area contributed by atoms with Gasteiger partial charge in [-0.1, -0.05) is 188 Å². The third-order valence-corrected chi connectivity index (χ3v) is 13.8. The topological polar surface area (TPSA) is 56.7 Å². The first kappa shape index (κ1) is 39.7. The highest BCUT2D eigenvalue weighted by molar-refractivity contribution is 6.27. The Labute approximate surface area is 403 Å². The summed E-state index contributed by atoms with van der Waals surface area (Å²) in [5, 5.41) is 8.03. The number of benzene rings is 10. The maximum absolute atomic E-state index is 6.62. The molecular weight excluding hydrogens is 853 g/mol. The number of fused-ring (bicyclic) bond motifs is 9. The average molecular weight is 893 g/mol. The standard InChI is InChI=1S/C65H40N4O/c1-3-16-43(17-4-1)61-62-51-24-7-11-26-54(51)66-64(53(62)39-60-63(61)52-25-10-14-29-59(52)70-60)44-32-30-41(31-33-44)46-20-15-21-47(38-46)56-40-55(67-65(68-56)45-18-5-2-6-19-45)42-34-36-48(37-35-42)69-57-27-12-8-22-49(57)50-23-9-13-28-58(50)69/h1-40H. The largest absolute Gasteiger partial charge is 0.456 e. The van der Waals surface area contributed by atoms with E-state index in [1.807, 2.05) is 24.3 Å². The number of hydrogen-bond acceptors (Lipinski definition) is 4. The van der Waals surface area contributed by atoms with Gasteiger partial charge in [-0.15, -0.1) is 0 Å². The Hall–Kier alpha value is -9.45. The van der Waals surface area contributed by atoms with Crippen molar-refractivity contribution in [3.05, 3.63) is 243 Å². The van der Waals surface area contributed by atoms with E-state index >= 15 is 0 Å². The molecule has 14 rings (SSSR count). The zero-order valence-corrected chi connectivity index (χ0v) is 37.8. The third kappa shape index (κ3) is 6.51. The van der Waals surface area contributed by atoms with Crippen LogP contribution in [0.5, 0.6) is 0 Å². The minimum absolute atomic E-state index is 0.680. The highest BCUT2D eigenvalue weighted by Gasteiger charge is 2.22. The average Bonchev–Trinajstić information content (AvgIpc) is 3.98. The first-order valence-corrected chi connectivity index (χ1v) is 23.7. The monoisotopic (exact) mass is 892 g/mol. The van der Waals surface area contributed by atoms with Crippen molar-refractivity contribution in [1.29, 1.82) is 0 Å². The van der Waals surface area contributed by atoms with Crippen LogP contribution < -0.4 is 0 Å². The maximum Gasteiger partial charge on any atom is 0.160 e. The van der Waals surface area contributed by atoms with Gasteiger partial charge in [-0.05, 0) is 71.3 Å². The van der Waals surface area contributed by atoms with E-state index in [1.54, 1.807) is 0 Å². The summed E-state index contributed by atoms with van der Waals surface area (Å²) in [6.45, 7) is 0. The number of furan rings is 1. The van der Waals surface area contributed by atoms with Gasteiger partial charge in [-0.25, -0.2) is 15.0 Å². The van der Waals surface area contributed by atoms with Crippen LogP contribution in [0.25, 0.3) is 139 Å². The summed E-state index contributed by atoms with van der Waals surface area (Å²) in [4.78, 5) is 15.7. The molecule has 10 aromatic carbocycles. The molecule has 0 radical (unpaired) electrons. The fourth-order valence-corrected chi connectivity index (χ4v) is 10.6. The molecule has 0 atom stereocenters. The van der Waals surface area contributed by atoms with Crippen molar-refractivity contribution in [3.63, 3.8) is 0 Å². The lowest BCUT2D eigenvalue weighted by Crippen LogP contribution is -1.97.